The second kappa shape index (κ2) is 10.1. The molecule has 0 atom stereocenters. The van der Waals surface area contributed by atoms with Gasteiger partial charge < -0.3 is 9.64 Å². The first-order valence-electron chi connectivity index (χ1n) is 11.5. The van der Waals surface area contributed by atoms with E-state index >= 15 is 0 Å². The lowest BCUT2D eigenvalue weighted by Crippen LogP contribution is -2.50. The number of rotatable bonds is 6. The first kappa shape index (κ1) is 24.7. The van der Waals surface area contributed by atoms with Gasteiger partial charge >= 0.3 is 5.56 Å². The van der Waals surface area contributed by atoms with E-state index in [9.17, 15) is 18.0 Å². The largest absolute Gasteiger partial charge is 0.483 e. The van der Waals surface area contributed by atoms with E-state index in [1.165, 1.54) is 8.99 Å². The van der Waals surface area contributed by atoms with Gasteiger partial charge in [0.2, 0.25) is 15.8 Å². The third-order valence-electron chi connectivity index (χ3n) is 6.28. The minimum Gasteiger partial charge on any atom is -0.483 e. The summed E-state index contributed by atoms with van der Waals surface area (Å²) in [5.74, 6) is 0.364. The van der Waals surface area contributed by atoms with Gasteiger partial charge in [-0.3, -0.25) is 9.59 Å². The zero-order chi connectivity index (χ0) is 24.5. The van der Waals surface area contributed by atoms with Gasteiger partial charge in [0.05, 0.1) is 23.2 Å². The minimum atomic E-state index is -3.35. The standard InChI is InChI=1S/C23H29ClN4O5S/c1-16(2)34(31,32)27-12-10-26(11-13-27)21-15-25-28(18-5-3-4-17(24)14-18)23(30)22(21)33-20-8-6-19(29)7-9-20/h3-5,14-16,20H,6-13H2,1-2H3. The number of halogens is 1. The van der Waals surface area contributed by atoms with Gasteiger partial charge in [0.1, 0.15) is 11.5 Å². The number of carbonyl (C=O) groups excluding carboxylic acids is 1. The molecule has 2 aromatic rings. The number of aromatic nitrogens is 2. The van der Waals surface area contributed by atoms with Gasteiger partial charge in [0.25, 0.3) is 0 Å². The Labute approximate surface area is 204 Å². The SMILES string of the molecule is CC(C)S(=O)(=O)N1CCN(c2cnn(-c3cccc(Cl)c3)c(=O)c2OC2CCC(=O)CC2)CC1. The summed E-state index contributed by atoms with van der Waals surface area (Å²) >= 11 is 6.11. The molecule has 1 saturated carbocycles. The Morgan fingerprint density at radius 1 is 1.09 bits per heavy atom. The van der Waals surface area contributed by atoms with E-state index in [4.69, 9.17) is 16.3 Å². The van der Waals surface area contributed by atoms with Crippen LogP contribution in [-0.4, -0.2) is 65.8 Å². The van der Waals surface area contributed by atoms with Crippen LogP contribution in [0.2, 0.25) is 5.02 Å². The highest BCUT2D eigenvalue weighted by atomic mass is 35.5. The molecule has 9 nitrogen and oxygen atoms in total. The van der Waals surface area contributed by atoms with Crippen LogP contribution in [0.5, 0.6) is 5.75 Å². The average molecular weight is 509 g/mol. The number of sulfonamides is 1. The van der Waals surface area contributed by atoms with Gasteiger partial charge in [-0.15, -0.1) is 0 Å². The molecule has 1 aliphatic heterocycles. The first-order valence-corrected chi connectivity index (χ1v) is 13.4. The molecule has 0 amide bonds. The predicted molar refractivity (Wildman–Crippen MR) is 131 cm³/mol. The summed E-state index contributed by atoms with van der Waals surface area (Å²) in [5.41, 5.74) is 0.622. The Hall–Kier alpha value is -2.43. The predicted octanol–water partition coefficient (Wildman–Crippen LogP) is 2.64. The van der Waals surface area contributed by atoms with Crippen LogP contribution in [0, 0.1) is 0 Å². The van der Waals surface area contributed by atoms with Gasteiger partial charge in [-0.1, -0.05) is 17.7 Å². The monoisotopic (exact) mass is 508 g/mol. The Morgan fingerprint density at radius 2 is 1.76 bits per heavy atom. The molecule has 2 heterocycles. The molecule has 0 N–H and O–H groups in total. The van der Waals surface area contributed by atoms with E-state index in [2.05, 4.69) is 5.10 Å². The highest BCUT2D eigenvalue weighted by Gasteiger charge is 2.32. The molecule has 1 saturated heterocycles. The number of benzene rings is 1. The molecule has 1 aliphatic carbocycles. The number of hydrogen-bond acceptors (Lipinski definition) is 7. The quantitative estimate of drug-likeness (QED) is 0.591. The third-order valence-corrected chi connectivity index (χ3v) is 8.79. The van der Waals surface area contributed by atoms with Crippen LogP contribution in [0.3, 0.4) is 0 Å². The molecule has 0 spiro atoms. The van der Waals surface area contributed by atoms with Gasteiger partial charge in [-0.05, 0) is 44.9 Å². The smallest absolute Gasteiger partial charge is 0.316 e. The fourth-order valence-electron chi connectivity index (χ4n) is 4.24. The average Bonchev–Trinajstić information content (AvgIpc) is 2.81. The molecule has 2 aliphatic rings. The van der Waals surface area contributed by atoms with Crippen LogP contribution < -0.4 is 15.2 Å². The second-order valence-electron chi connectivity index (χ2n) is 8.89. The maximum absolute atomic E-state index is 13.5. The molecule has 4 rings (SSSR count). The van der Waals surface area contributed by atoms with Crippen LogP contribution in [0.15, 0.2) is 35.3 Å². The number of ketones is 1. The number of Topliss-reactive ketones (excluding diaryl/α,β-unsaturated/α-hetero) is 1. The van der Waals surface area contributed by atoms with Gasteiger partial charge in [0.15, 0.2) is 0 Å². The van der Waals surface area contributed by atoms with Crippen LogP contribution in [0.25, 0.3) is 5.69 Å². The number of anilines is 1. The summed E-state index contributed by atoms with van der Waals surface area (Å²) in [6, 6.07) is 6.83. The number of piperazine rings is 1. The molecule has 1 aromatic heterocycles. The summed E-state index contributed by atoms with van der Waals surface area (Å²) in [7, 11) is -3.35. The normalized spacial score (nSPS) is 18.5. The zero-order valence-corrected chi connectivity index (χ0v) is 20.9. The number of carbonyl (C=O) groups is 1. The van der Waals surface area contributed by atoms with Crippen molar-refractivity contribution in [1.29, 1.82) is 0 Å². The highest BCUT2D eigenvalue weighted by Crippen LogP contribution is 2.30. The molecule has 1 aromatic carbocycles. The lowest BCUT2D eigenvalue weighted by atomic mass is 9.96. The van der Waals surface area contributed by atoms with Crippen molar-refractivity contribution in [3.8, 4) is 11.4 Å². The first-order chi connectivity index (χ1) is 16.2. The van der Waals surface area contributed by atoms with E-state index in [-0.39, 0.29) is 17.6 Å². The van der Waals surface area contributed by atoms with E-state index in [0.29, 0.717) is 68.3 Å². The fraction of sp³-hybridized carbons (Fsp3) is 0.522. The van der Waals surface area contributed by atoms with Gasteiger partial charge in [0, 0.05) is 44.0 Å². The molecule has 11 heteroatoms. The van der Waals surface area contributed by atoms with Crippen molar-refractivity contribution >= 4 is 33.1 Å². The summed E-state index contributed by atoms with van der Waals surface area (Å²) < 4.78 is 34.0. The van der Waals surface area contributed by atoms with Crippen molar-refractivity contribution in [2.24, 2.45) is 0 Å². The molecule has 34 heavy (non-hydrogen) atoms. The lowest BCUT2D eigenvalue weighted by molar-refractivity contribution is -0.121. The molecule has 184 valence electrons. The second-order valence-corrected chi connectivity index (χ2v) is 11.8. The molecule has 0 bridgehead atoms. The van der Waals surface area contributed by atoms with E-state index in [1.54, 1.807) is 44.3 Å². The number of hydrogen-bond donors (Lipinski definition) is 0. The van der Waals surface area contributed by atoms with Crippen LogP contribution in [0.1, 0.15) is 39.5 Å². The molecular weight excluding hydrogens is 480 g/mol. The zero-order valence-electron chi connectivity index (χ0n) is 19.3. The van der Waals surface area contributed by atoms with Crippen molar-refractivity contribution in [2.45, 2.75) is 50.9 Å². The number of nitrogens with zero attached hydrogens (tertiary/aromatic N) is 4. The van der Waals surface area contributed by atoms with Crippen LogP contribution in [-0.2, 0) is 14.8 Å². The Balaban J connectivity index is 1.66. The Morgan fingerprint density at radius 3 is 2.38 bits per heavy atom. The Kier molecular flexibility index (Phi) is 7.30. The van der Waals surface area contributed by atoms with Gasteiger partial charge in [-0.2, -0.15) is 14.1 Å². The van der Waals surface area contributed by atoms with Crippen molar-refractivity contribution < 1.29 is 17.9 Å². The molecule has 0 unspecified atom stereocenters. The van der Waals surface area contributed by atoms with Crippen molar-refractivity contribution in [3.05, 3.63) is 45.8 Å². The summed E-state index contributed by atoms with van der Waals surface area (Å²) in [6.07, 6.45) is 3.30. The molecule has 2 fully saturated rings. The minimum absolute atomic E-state index is 0.162. The maximum atomic E-state index is 13.5. The summed E-state index contributed by atoms with van der Waals surface area (Å²) in [5, 5.41) is 4.35. The van der Waals surface area contributed by atoms with Crippen molar-refractivity contribution in [3.63, 3.8) is 0 Å². The van der Waals surface area contributed by atoms with Crippen molar-refractivity contribution in [1.82, 2.24) is 14.1 Å². The molecule has 0 radical (unpaired) electrons. The lowest BCUT2D eigenvalue weighted by Gasteiger charge is -2.36. The summed E-state index contributed by atoms with van der Waals surface area (Å²) in [6.45, 7) is 4.79. The maximum Gasteiger partial charge on any atom is 0.316 e. The fourth-order valence-corrected chi connectivity index (χ4v) is 5.69. The number of ether oxygens (including phenoxy) is 1. The van der Waals surface area contributed by atoms with E-state index in [0.717, 1.165) is 0 Å². The van der Waals surface area contributed by atoms with E-state index < -0.39 is 20.8 Å². The topological polar surface area (TPSA) is 102 Å². The summed E-state index contributed by atoms with van der Waals surface area (Å²) in [4.78, 5) is 27.1. The molecular formula is C23H29ClN4O5S. The van der Waals surface area contributed by atoms with Crippen LogP contribution >= 0.6 is 11.6 Å². The Bertz CT molecular complexity index is 1210. The van der Waals surface area contributed by atoms with Crippen molar-refractivity contribution in [2.75, 3.05) is 31.1 Å². The van der Waals surface area contributed by atoms with Gasteiger partial charge in [-0.25, -0.2) is 8.42 Å². The third kappa shape index (κ3) is 5.13. The van der Waals surface area contributed by atoms with E-state index in [1.807, 2.05) is 4.90 Å². The van der Waals surface area contributed by atoms with Crippen LogP contribution in [0.4, 0.5) is 5.69 Å². The highest BCUT2D eigenvalue weighted by molar-refractivity contribution is 7.89.